The van der Waals surface area contributed by atoms with Crippen LogP contribution in [0.4, 0.5) is 0 Å². The summed E-state index contributed by atoms with van der Waals surface area (Å²) in [4.78, 5) is 0. The number of rotatable bonds is 4. The number of hydrogen-bond donors (Lipinski definition) is 0. The molecule has 0 spiro atoms. The Morgan fingerprint density at radius 3 is 2.57 bits per heavy atom. The van der Waals surface area contributed by atoms with E-state index in [9.17, 15) is 0 Å². The van der Waals surface area contributed by atoms with E-state index in [4.69, 9.17) is 23.2 Å². The molecule has 0 atom stereocenters. The maximum Gasteiger partial charge on any atom is 0.196 e. The number of aromatic nitrogens is 3. The molecule has 23 heavy (non-hydrogen) atoms. The third kappa shape index (κ3) is 3.55. The van der Waals surface area contributed by atoms with Crippen molar-refractivity contribution in [3.8, 4) is 5.69 Å². The predicted octanol–water partition coefficient (Wildman–Crippen LogP) is 5.48. The van der Waals surface area contributed by atoms with E-state index >= 15 is 0 Å². The third-order valence-corrected chi connectivity index (χ3v) is 5.09. The van der Waals surface area contributed by atoms with Crippen LogP contribution in [0.2, 0.25) is 10.0 Å². The predicted molar refractivity (Wildman–Crippen MR) is 96.9 cm³/mol. The fraction of sp³-hybridized carbons (Fsp3) is 0.176. The fourth-order valence-corrected chi connectivity index (χ4v) is 3.86. The van der Waals surface area contributed by atoms with Gasteiger partial charge in [0, 0.05) is 15.8 Å². The highest BCUT2D eigenvalue weighted by Crippen LogP contribution is 2.30. The van der Waals surface area contributed by atoms with Gasteiger partial charge in [-0.2, -0.15) is 0 Å². The minimum atomic E-state index is 0.641. The Morgan fingerprint density at radius 2 is 1.83 bits per heavy atom. The van der Waals surface area contributed by atoms with Crippen LogP contribution in [0.15, 0.2) is 47.6 Å². The number of hydrogen-bond acceptors (Lipinski definition) is 3. The first kappa shape index (κ1) is 16.4. The lowest BCUT2D eigenvalue weighted by Gasteiger charge is -2.11. The molecule has 2 aromatic carbocycles. The maximum absolute atomic E-state index is 6.24. The van der Waals surface area contributed by atoms with Crippen LogP contribution in [0.1, 0.15) is 17.0 Å². The average Bonchev–Trinajstić information content (AvgIpc) is 2.88. The van der Waals surface area contributed by atoms with E-state index in [1.54, 1.807) is 17.8 Å². The SMILES string of the molecule is Cc1ccccc1-n1c(C)nnc1SCc1ccc(Cl)cc1Cl. The Bertz CT molecular complexity index is 846. The van der Waals surface area contributed by atoms with Crippen LogP contribution < -0.4 is 0 Å². The summed E-state index contributed by atoms with van der Waals surface area (Å²) in [7, 11) is 0. The van der Waals surface area contributed by atoms with Gasteiger partial charge in [0.15, 0.2) is 5.16 Å². The topological polar surface area (TPSA) is 30.7 Å². The lowest BCUT2D eigenvalue weighted by molar-refractivity contribution is 0.862. The van der Waals surface area contributed by atoms with Gasteiger partial charge in [0.25, 0.3) is 0 Å². The summed E-state index contributed by atoms with van der Waals surface area (Å²) in [5.41, 5.74) is 3.31. The minimum absolute atomic E-state index is 0.641. The van der Waals surface area contributed by atoms with Gasteiger partial charge < -0.3 is 0 Å². The molecule has 0 aliphatic heterocycles. The van der Waals surface area contributed by atoms with Gasteiger partial charge in [-0.25, -0.2) is 0 Å². The van der Waals surface area contributed by atoms with E-state index in [1.807, 2.05) is 31.2 Å². The molecule has 3 aromatic rings. The molecule has 1 aromatic heterocycles. The molecule has 3 rings (SSSR count). The van der Waals surface area contributed by atoms with Gasteiger partial charge in [0.1, 0.15) is 5.82 Å². The molecule has 1 heterocycles. The molecule has 0 radical (unpaired) electrons. The molecule has 3 nitrogen and oxygen atoms in total. The number of benzene rings is 2. The summed E-state index contributed by atoms with van der Waals surface area (Å²) in [6.07, 6.45) is 0. The van der Waals surface area contributed by atoms with Crippen molar-refractivity contribution in [3.05, 3.63) is 69.5 Å². The first-order valence-corrected chi connectivity index (χ1v) is 8.85. The van der Waals surface area contributed by atoms with E-state index in [-0.39, 0.29) is 0 Å². The molecule has 0 aliphatic carbocycles. The van der Waals surface area contributed by atoms with E-state index in [2.05, 4.69) is 33.8 Å². The lowest BCUT2D eigenvalue weighted by Crippen LogP contribution is -2.01. The Labute approximate surface area is 149 Å². The van der Waals surface area contributed by atoms with Crippen molar-refractivity contribution in [3.63, 3.8) is 0 Å². The first-order chi connectivity index (χ1) is 11.1. The summed E-state index contributed by atoms with van der Waals surface area (Å²) in [5.74, 6) is 1.57. The second kappa shape index (κ2) is 6.95. The van der Waals surface area contributed by atoms with Gasteiger partial charge in [-0.1, -0.05) is 59.2 Å². The molecular weight excluding hydrogens is 349 g/mol. The molecule has 118 valence electrons. The Morgan fingerprint density at radius 1 is 1.04 bits per heavy atom. The standard InChI is InChI=1S/C17H15Cl2N3S/c1-11-5-3-4-6-16(11)22-12(2)20-21-17(22)23-10-13-7-8-14(18)9-15(13)19/h3-9H,10H2,1-2H3. The molecule has 0 N–H and O–H groups in total. The Kier molecular flexibility index (Phi) is 4.95. The zero-order chi connectivity index (χ0) is 16.4. The average molecular weight is 364 g/mol. The molecule has 0 bridgehead atoms. The second-order valence-electron chi connectivity index (χ2n) is 5.18. The Balaban J connectivity index is 1.89. The minimum Gasteiger partial charge on any atom is -0.274 e. The highest BCUT2D eigenvalue weighted by atomic mass is 35.5. The van der Waals surface area contributed by atoms with Crippen molar-refractivity contribution in [1.29, 1.82) is 0 Å². The summed E-state index contributed by atoms with van der Waals surface area (Å²) < 4.78 is 2.07. The van der Waals surface area contributed by atoms with Crippen molar-refractivity contribution in [2.24, 2.45) is 0 Å². The van der Waals surface area contributed by atoms with E-state index in [1.165, 1.54) is 5.56 Å². The molecule has 0 saturated carbocycles. The first-order valence-electron chi connectivity index (χ1n) is 7.11. The molecule has 0 amide bonds. The molecule has 0 unspecified atom stereocenters. The fourth-order valence-electron chi connectivity index (χ4n) is 2.31. The van der Waals surface area contributed by atoms with Gasteiger partial charge in [-0.15, -0.1) is 10.2 Å². The van der Waals surface area contributed by atoms with Crippen molar-refractivity contribution in [2.45, 2.75) is 24.8 Å². The summed E-state index contributed by atoms with van der Waals surface area (Å²) in [6.45, 7) is 4.04. The summed E-state index contributed by atoms with van der Waals surface area (Å²) in [5, 5.41) is 10.7. The van der Waals surface area contributed by atoms with Gasteiger partial charge in [0.2, 0.25) is 0 Å². The van der Waals surface area contributed by atoms with Crippen molar-refractivity contribution in [2.75, 3.05) is 0 Å². The number of halogens is 2. The number of para-hydroxylation sites is 1. The van der Waals surface area contributed by atoms with Gasteiger partial charge in [-0.05, 0) is 43.2 Å². The van der Waals surface area contributed by atoms with Gasteiger partial charge in [-0.3, -0.25) is 4.57 Å². The highest BCUT2D eigenvalue weighted by molar-refractivity contribution is 7.98. The zero-order valence-corrected chi connectivity index (χ0v) is 15.1. The van der Waals surface area contributed by atoms with Crippen LogP contribution in [0.3, 0.4) is 0 Å². The van der Waals surface area contributed by atoms with E-state index in [0.717, 1.165) is 22.2 Å². The van der Waals surface area contributed by atoms with E-state index in [0.29, 0.717) is 15.8 Å². The molecule has 0 saturated heterocycles. The molecule has 0 aliphatic rings. The second-order valence-corrected chi connectivity index (χ2v) is 6.96. The van der Waals surface area contributed by atoms with Crippen LogP contribution >= 0.6 is 35.0 Å². The number of aryl methyl sites for hydroxylation is 2. The number of thioether (sulfide) groups is 1. The van der Waals surface area contributed by atoms with Crippen LogP contribution in [0.25, 0.3) is 5.69 Å². The van der Waals surface area contributed by atoms with Crippen molar-refractivity contribution >= 4 is 35.0 Å². The normalized spacial score (nSPS) is 11.0. The monoisotopic (exact) mass is 363 g/mol. The smallest absolute Gasteiger partial charge is 0.196 e. The van der Waals surface area contributed by atoms with Crippen LogP contribution in [0.5, 0.6) is 0 Å². The maximum atomic E-state index is 6.24. The number of nitrogens with zero attached hydrogens (tertiary/aromatic N) is 3. The van der Waals surface area contributed by atoms with Gasteiger partial charge in [0.05, 0.1) is 5.69 Å². The molecular formula is C17H15Cl2N3S. The highest BCUT2D eigenvalue weighted by Gasteiger charge is 2.13. The van der Waals surface area contributed by atoms with Crippen molar-refractivity contribution < 1.29 is 0 Å². The molecule has 0 fully saturated rings. The van der Waals surface area contributed by atoms with E-state index < -0.39 is 0 Å². The lowest BCUT2D eigenvalue weighted by atomic mass is 10.2. The summed E-state index contributed by atoms with van der Waals surface area (Å²) in [6, 6.07) is 13.8. The van der Waals surface area contributed by atoms with Gasteiger partial charge >= 0.3 is 0 Å². The zero-order valence-electron chi connectivity index (χ0n) is 12.8. The summed E-state index contributed by atoms with van der Waals surface area (Å²) >= 11 is 13.8. The Hall–Kier alpha value is -1.49. The largest absolute Gasteiger partial charge is 0.274 e. The van der Waals surface area contributed by atoms with Crippen LogP contribution in [-0.4, -0.2) is 14.8 Å². The molecule has 6 heteroatoms. The third-order valence-electron chi connectivity index (χ3n) is 3.52. The van der Waals surface area contributed by atoms with Crippen LogP contribution in [-0.2, 0) is 5.75 Å². The quantitative estimate of drug-likeness (QED) is 0.574. The van der Waals surface area contributed by atoms with Crippen molar-refractivity contribution in [1.82, 2.24) is 14.8 Å². The van der Waals surface area contributed by atoms with Crippen LogP contribution in [0, 0.1) is 13.8 Å².